The molecule has 10 nitrogen and oxygen atoms in total. The largest absolute Gasteiger partial charge is 0.497 e. The molecule has 0 saturated carbocycles. The van der Waals surface area contributed by atoms with Crippen molar-refractivity contribution in [2.24, 2.45) is 5.10 Å². The van der Waals surface area contributed by atoms with Gasteiger partial charge in [0.15, 0.2) is 6.61 Å². The van der Waals surface area contributed by atoms with Gasteiger partial charge in [-0.25, -0.2) is 14.5 Å². The maximum atomic E-state index is 13.2. The fourth-order valence-electron chi connectivity index (χ4n) is 3.94. The summed E-state index contributed by atoms with van der Waals surface area (Å²) in [5.74, 6) is -0.307. The molecule has 0 radical (unpaired) electrons. The molecule has 5 rings (SSSR count). The summed E-state index contributed by atoms with van der Waals surface area (Å²) in [6, 6.07) is 23.4. The van der Waals surface area contributed by atoms with Crippen LogP contribution in [-0.2, 0) is 9.53 Å². The molecule has 1 atom stereocenters. The van der Waals surface area contributed by atoms with Crippen molar-refractivity contribution in [3.8, 4) is 11.4 Å². The van der Waals surface area contributed by atoms with Crippen LogP contribution in [-0.4, -0.2) is 56.5 Å². The fourth-order valence-corrected chi connectivity index (χ4v) is 3.94. The molecule has 4 aromatic rings. The summed E-state index contributed by atoms with van der Waals surface area (Å²) in [5, 5.41) is 17.0. The lowest BCUT2D eigenvalue weighted by atomic mass is 9.98. The summed E-state index contributed by atoms with van der Waals surface area (Å²) in [7, 11) is 1.60. The van der Waals surface area contributed by atoms with Crippen LogP contribution < -0.4 is 4.74 Å². The van der Waals surface area contributed by atoms with Crippen LogP contribution in [0.25, 0.3) is 5.69 Å². The zero-order chi connectivity index (χ0) is 24.9. The number of esters is 1. The molecule has 0 unspecified atom stereocenters. The second kappa shape index (κ2) is 10.2. The topological polar surface area (TPSA) is 112 Å². The summed E-state index contributed by atoms with van der Waals surface area (Å²) in [6.45, 7) is -0.439. The number of aromatic nitrogens is 4. The van der Waals surface area contributed by atoms with Gasteiger partial charge in [-0.2, -0.15) is 5.10 Å². The van der Waals surface area contributed by atoms with E-state index in [1.54, 1.807) is 31.4 Å². The third-order valence-electron chi connectivity index (χ3n) is 5.82. The molecule has 1 aromatic heterocycles. The number of methoxy groups -OCH3 is 1. The molecule has 36 heavy (non-hydrogen) atoms. The van der Waals surface area contributed by atoms with E-state index in [4.69, 9.17) is 9.47 Å². The SMILES string of the molecule is COc1ccc([C@H]2CC(c3ccccc3)=NN2C(=O)COC(=O)c2ccc(-n3cnnn3)cc2)cc1. The van der Waals surface area contributed by atoms with E-state index in [1.165, 1.54) is 16.0 Å². The number of nitrogens with zero attached hydrogens (tertiary/aromatic N) is 6. The van der Waals surface area contributed by atoms with Crippen LogP contribution in [0, 0.1) is 0 Å². The highest BCUT2D eigenvalue weighted by Gasteiger charge is 2.33. The van der Waals surface area contributed by atoms with Crippen molar-refractivity contribution >= 4 is 17.6 Å². The Hall–Kier alpha value is -4.86. The van der Waals surface area contributed by atoms with Gasteiger partial charge in [0, 0.05) is 6.42 Å². The van der Waals surface area contributed by atoms with Gasteiger partial charge in [-0.15, -0.1) is 5.10 Å². The second-order valence-corrected chi connectivity index (χ2v) is 8.02. The molecule has 180 valence electrons. The number of carbonyl (C=O) groups excluding carboxylic acids is 2. The first kappa shape index (κ1) is 22.9. The minimum absolute atomic E-state index is 0.307. The molecule has 0 fully saturated rings. The lowest BCUT2D eigenvalue weighted by Gasteiger charge is -2.22. The Balaban J connectivity index is 1.30. The van der Waals surface area contributed by atoms with Gasteiger partial charge in [0.05, 0.1) is 30.1 Å². The number of rotatable bonds is 7. The predicted octanol–water partition coefficient (Wildman–Crippen LogP) is 3.21. The molecule has 1 aliphatic heterocycles. The van der Waals surface area contributed by atoms with Crippen LogP contribution in [0.4, 0.5) is 0 Å². The smallest absolute Gasteiger partial charge is 0.338 e. The third kappa shape index (κ3) is 4.83. The summed E-state index contributed by atoms with van der Waals surface area (Å²) in [5.41, 5.74) is 3.62. The van der Waals surface area contributed by atoms with Gasteiger partial charge < -0.3 is 9.47 Å². The molecule has 0 bridgehead atoms. The molecule has 2 heterocycles. The van der Waals surface area contributed by atoms with Crippen molar-refractivity contribution in [3.05, 3.63) is 102 Å². The summed E-state index contributed by atoms with van der Waals surface area (Å²) in [4.78, 5) is 25.7. The van der Waals surface area contributed by atoms with Crippen LogP contribution in [0.15, 0.2) is 90.3 Å². The lowest BCUT2D eigenvalue weighted by molar-refractivity contribution is -0.136. The van der Waals surface area contributed by atoms with E-state index in [-0.39, 0.29) is 6.04 Å². The molecule has 0 saturated heterocycles. The number of carbonyl (C=O) groups is 2. The zero-order valence-electron chi connectivity index (χ0n) is 19.4. The average molecular weight is 483 g/mol. The highest BCUT2D eigenvalue weighted by molar-refractivity contribution is 6.03. The molecule has 1 aliphatic rings. The van der Waals surface area contributed by atoms with Crippen LogP contribution in [0.1, 0.15) is 33.9 Å². The van der Waals surface area contributed by atoms with Gasteiger partial charge in [0.1, 0.15) is 12.1 Å². The first-order valence-electron chi connectivity index (χ1n) is 11.2. The lowest BCUT2D eigenvalue weighted by Crippen LogP contribution is -2.31. The Labute approximate surface area is 206 Å². The average Bonchev–Trinajstić information content (AvgIpc) is 3.63. The van der Waals surface area contributed by atoms with E-state index in [1.807, 2.05) is 54.6 Å². The van der Waals surface area contributed by atoms with E-state index >= 15 is 0 Å². The van der Waals surface area contributed by atoms with Crippen LogP contribution in [0.5, 0.6) is 5.75 Å². The molecule has 0 aliphatic carbocycles. The second-order valence-electron chi connectivity index (χ2n) is 8.02. The quantitative estimate of drug-likeness (QED) is 0.372. The molecular weight excluding hydrogens is 460 g/mol. The van der Waals surface area contributed by atoms with Crippen molar-refractivity contribution < 1.29 is 19.1 Å². The molecular formula is C26H22N6O4. The molecule has 0 N–H and O–H groups in total. The number of hydrazone groups is 1. The highest BCUT2D eigenvalue weighted by Crippen LogP contribution is 2.33. The monoisotopic (exact) mass is 482 g/mol. The number of benzene rings is 3. The Morgan fingerprint density at radius 2 is 1.72 bits per heavy atom. The Bertz CT molecular complexity index is 1370. The van der Waals surface area contributed by atoms with Crippen LogP contribution >= 0.6 is 0 Å². The summed E-state index contributed by atoms with van der Waals surface area (Å²) < 4.78 is 12.0. The van der Waals surface area contributed by atoms with Crippen molar-refractivity contribution in [1.29, 1.82) is 0 Å². The first-order valence-corrected chi connectivity index (χ1v) is 11.2. The van der Waals surface area contributed by atoms with E-state index in [2.05, 4.69) is 20.6 Å². The van der Waals surface area contributed by atoms with Crippen LogP contribution in [0.2, 0.25) is 0 Å². The van der Waals surface area contributed by atoms with Gasteiger partial charge in [0.25, 0.3) is 5.91 Å². The van der Waals surface area contributed by atoms with Crippen LogP contribution in [0.3, 0.4) is 0 Å². The maximum absolute atomic E-state index is 13.2. The summed E-state index contributed by atoms with van der Waals surface area (Å²) in [6.07, 6.45) is 1.99. The standard InChI is InChI=1S/C26H22N6O4/c1-35-22-13-9-19(10-14-22)24-15-23(18-5-3-2-4-6-18)28-32(24)25(33)16-36-26(34)20-7-11-21(12-8-20)31-17-27-29-30-31/h2-14,17,24H,15-16H2,1H3/t24-/m1/s1. The van der Waals surface area contributed by atoms with Gasteiger partial charge in [0.2, 0.25) is 0 Å². The Morgan fingerprint density at radius 1 is 0.972 bits per heavy atom. The Kier molecular flexibility index (Phi) is 6.48. The fraction of sp³-hybridized carbons (Fsp3) is 0.154. The van der Waals surface area contributed by atoms with Crippen molar-refractivity contribution in [2.45, 2.75) is 12.5 Å². The van der Waals surface area contributed by atoms with Gasteiger partial charge >= 0.3 is 5.97 Å². The Morgan fingerprint density at radius 3 is 2.39 bits per heavy atom. The van der Waals surface area contributed by atoms with Crippen molar-refractivity contribution in [3.63, 3.8) is 0 Å². The van der Waals surface area contributed by atoms with E-state index in [0.717, 1.165) is 22.6 Å². The normalized spacial score (nSPS) is 14.9. The molecule has 1 amide bonds. The molecule has 3 aromatic carbocycles. The maximum Gasteiger partial charge on any atom is 0.338 e. The zero-order valence-corrected chi connectivity index (χ0v) is 19.4. The minimum Gasteiger partial charge on any atom is -0.497 e. The number of hydrogen-bond donors (Lipinski definition) is 0. The first-order chi connectivity index (χ1) is 17.6. The number of amides is 1. The molecule has 10 heteroatoms. The highest BCUT2D eigenvalue weighted by atomic mass is 16.5. The summed E-state index contributed by atoms with van der Waals surface area (Å²) >= 11 is 0. The number of ether oxygens (including phenoxy) is 2. The van der Waals surface area contributed by atoms with Crippen molar-refractivity contribution in [2.75, 3.05) is 13.7 Å². The number of hydrogen-bond acceptors (Lipinski definition) is 8. The molecule has 0 spiro atoms. The van der Waals surface area contributed by atoms with E-state index in [9.17, 15) is 9.59 Å². The minimum atomic E-state index is -0.612. The van der Waals surface area contributed by atoms with Gasteiger partial charge in [-0.3, -0.25) is 4.79 Å². The third-order valence-corrected chi connectivity index (χ3v) is 5.82. The van der Waals surface area contributed by atoms with Gasteiger partial charge in [-0.1, -0.05) is 42.5 Å². The predicted molar refractivity (Wildman–Crippen MR) is 130 cm³/mol. The van der Waals surface area contributed by atoms with Gasteiger partial charge in [-0.05, 0) is 58.0 Å². The van der Waals surface area contributed by atoms with Crippen molar-refractivity contribution in [1.82, 2.24) is 25.2 Å². The number of tetrazole rings is 1. The van der Waals surface area contributed by atoms with E-state index in [0.29, 0.717) is 17.7 Å². The van der Waals surface area contributed by atoms with E-state index < -0.39 is 18.5 Å².